The maximum absolute atomic E-state index is 13.4. The van der Waals surface area contributed by atoms with E-state index in [1.54, 1.807) is 0 Å². The lowest BCUT2D eigenvalue weighted by molar-refractivity contribution is -0.122. The lowest BCUT2D eigenvalue weighted by Gasteiger charge is -2.28. The van der Waals surface area contributed by atoms with E-state index in [9.17, 15) is 18.8 Å². The van der Waals surface area contributed by atoms with Crippen LogP contribution in [0.2, 0.25) is 5.02 Å². The fourth-order valence-corrected chi connectivity index (χ4v) is 4.64. The van der Waals surface area contributed by atoms with Crippen LogP contribution in [0.1, 0.15) is 38.5 Å². The number of hydrogen-bond acceptors (Lipinski definition) is 6. The number of ether oxygens (including phenoxy) is 1. The minimum Gasteiger partial charge on any atom is -0.376 e. The molecular formula is C23H29ClFN5O4. The van der Waals surface area contributed by atoms with Gasteiger partial charge in [0.25, 0.3) is 11.8 Å². The molecule has 1 aromatic rings. The van der Waals surface area contributed by atoms with Crippen LogP contribution < -0.4 is 26.6 Å². The second-order valence-corrected chi connectivity index (χ2v) is 9.17. The van der Waals surface area contributed by atoms with Gasteiger partial charge in [0.05, 0.1) is 23.5 Å². The maximum Gasteiger partial charge on any atom is 0.269 e. The van der Waals surface area contributed by atoms with Gasteiger partial charge >= 0.3 is 0 Å². The molecule has 1 saturated carbocycles. The summed E-state index contributed by atoms with van der Waals surface area (Å²) in [6, 6.07) is 3.71. The van der Waals surface area contributed by atoms with E-state index in [1.807, 2.05) is 0 Å². The van der Waals surface area contributed by atoms with Crippen molar-refractivity contribution in [2.75, 3.05) is 25.1 Å². The van der Waals surface area contributed by atoms with Crippen molar-refractivity contribution >= 4 is 35.0 Å². The Labute approximate surface area is 202 Å². The van der Waals surface area contributed by atoms with E-state index in [0.717, 1.165) is 12.8 Å². The van der Waals surface area contributed by atoms with Crippen molar-refractivity contribution in [1.82, 2.24) is 21.3 Å². The Balaban J connectivity index is 1.26. The summed E-state index contributed by atoms with van der Waals surface area (Å²) in [5.41, 5.74) is 0.681. The van der Waals surface area contributed by atoms with E-state index in [0.29, 0.717) is 45.5 Å². The topological polar surface area (TPSA) is 121 Å². The molecular weight excluding hydrogens is 465 g/mol. The molecule has 0 radical (unpaired) electrons. The van der Waals surface area contributed by atoms with Gasteiger partial charge in [0.15, 0.2) is 0 Å². The Morgan fingerprint density at radius 3 is 2.50 bits per heavy atom. The predicted octanol–water partition coefficient (Wildman–Crippen LogP) is 1.75. The van der Waals surface area contributed by atoms with Gasteiger partial charge in [0, 0.05) is 25.1 Å². The van der Waals surface area contributed by atoms with Crippen molar-refractivity contribution in [3.8, 4) is 0 Å². The van der Waals surface area contributed by atoms with Crippen LogP contribution in [-0.2, 0) is 19.1 Å². The predicted molar refractivity (Wildman–Crippen MR) is 124 cm³/mol. The second-order valence-electron chi connectivity index (χ2n) is 8.76. The van der Waals surface area contributed by atoms with Crippen molar-refractivity contribution in [1.29, 1.82) is 0 Å². The SMILES string of the molecule is O=C(NCC1CCCO1)C1=C(C(=O)N[C@H]2CC[C@H](C(=O)Nc3cc(F)ccc3Cl)CC2)NCN1. The number of anilines is 1. The number of amides is 3. The standard InChI is InChI=1S/C23H29ClFN5O4/c24-17-8-5-14(25)10-18(17)30-21(31)13-3-6-15(7-4-13)29-23(33)20-19(27-12-28-20)22(32)26-11-16-2-1-9-34-16/h5,8,10,13,15-16,27-28H,1-4,6-7,9,11-12H2,(H,26,32)(H,29,33)(H,30,31)/t13-,15-,16?. The Morgan fingerprint density at radius 2 is 1.79 bits per heavy atom. The van der Waals surface area contributed by atoms with E-state index in [4.69, 9.17) is 16.3 Å². The van der Waals surface area contributed by atoms with Gasteiger partial charge in [0.1, 0.15) is 17.2 Å². The number of benzene rings is 1. The van der Waals surface area contributed by atoms with E-state index in [-0.39, 0.29) is 57.9 Å². The van der Waals surface area contributed by atoms with Crippen LogP contribution in [0.15, 0.2) is 29.6 Å². The summed E-state index contributed by atoms with van der Waals surface area (Å²) in [5.74, 6) is -1.65. The number of nitrogens with one attached hydrogen (secondary N) is 5. The monoisotopic (exact) mass is 493 g/mol. The van der Waals surface area contributed by atoms with Gasteiger partial charge in [0.2, 0.25) is 5.91 Å². The molecule has 3 amide bonds. The fraction of sp³-hybridized carbons (Fsp3) is 0.522. The second kappa shape index (κ2) is 11.1. The average Bonchev–Trinajstić information content (AvgIpc) is 3.53. The van der Waals surface area contributed by atoms with Gasteiger partial charge < -0.3 is 31.3 Å². The maximum atomic E-state index is 13.4. The molecule has 2 fully saturated rings. The highest BCUT2D eigenvalue weighted by molar-refractivity contribution is 6.33. The normalized spacial score (nSPS) is 24.2. The van der Waals surface area contributed by atoms with Crippen LogP contribution in [0.4, 0.5) is 10.1 Å². The van der Waals surface area contributed by atoms with Gasteiger partial charge in [-0.05, 0) is 56.7 Å². The highest BCUT2D eigenvalue weighted by atomic mass is 35.5. The van der Waals surface area contributed by atoms with Crippen LogP contribution in [-0.4, -0.2) is 49.7 Å². The first-order chi connectivity index (χ1) is 16.4. The third-order valence-corrected chi connectivity index (χ3v) is 6.70. The molecule has 34 heavy (non-hydrogen) atoms. The largest absolute Gasteiger partial charge is 0.376 e. The molecule has 11 heteroatoms. The molecule has 1 aromatic carbocycles. The molecule has 3 aliphatic rings. The van der Waals surface area contributed by atoms with Crippen molar-refractivity contribution < 1.29 is 23.5 Å². The number of carbonyl (C=O) groups excluding carboxylic acids is 3. The number of hydrogen-bond donors (Lipinski definition) is 5. The summed E-state index contributed by atoms with van der Waals surface area (Å²) in [5, 5.41) is 14.6. The first kappa shape index (κ1) is 24.3. The molecule has 0 spiro atoms. The first-order valence-electron chi connectivity index (χ1n) is 11.6. The van der Waals surface area contributed by atoms with E-state index in [2.05, 4.69) is 26.6 Å². The van der Waals surface area contributed by atoms with Crippen molar-refractivity contribution in [3.05, 3.63) is 40.4 Å². The summed E-state index contributed by atoms with van der Waals surface area (Å²) in [6.07, 6.45) is 4.28. The van der Waals surface area contributed by atoms with E-state index >= 15 is 0 Å². The third-order valence-electron chi connectivity index (χ3n) is 6.37. The Bertz CT molecular complexity index is 974. The van der Waals surface area contributed by atoms with E-state index in [1.165, 1.54) is 18.2 Å². The summed E-state index contributed by atoms with van der Waals surface area (Å²) >= 11 is 6.03. The molecule has 5 N–H and O–H groups in total. The Morgan fingerprint density at radius 1 is 1.06 bits per heavy atom. The molecule has 9 nitrogen and oxygen atoms in total. The highest BCUT2D eigenvalue weighted by Gasteiger charge is 2.31. The number of rotatable bonds is 7. The van der Waals surface area contributed by atoms with Crippen molar-refractivity contribution in [2.45, 2.75) is 50.7 Å². The van der Waals surface area contributed by atoms with Crippen LogP contribution in [0, 0.1) is 11.7 Å². The average molecular weight is 494 g/mol. The zero-order valence-electron chi connectivity index (χ0n) is 18.7. The molecule has 184 valence electrons. The minimum atomic E-state index is -0.477. The number of carbonyl (C=O) groups is 3. The fourth-order valence-electron chi connectivity index (χ4n) is 4.47. The van der Waals surface area contributed by atoms with E-state index < -0.39 is 5.82 Å². The highest BCUT2D eigenvalue weighted by Crippen LogP contribution is 2.28. The quantitative estimate of drug-likeness (QED) is 0.394. The van der Waals surface area contributed by atoms with Gasteiger partial charge in [-0.2, -0.15) is 0 Å². The summed E-state index contributed by atoms with van der Waals surface area (Å²) < 4.78 is 19.0. The molecule has 2 aliphatic heterocycles. The lowest BCUT2D eigenvalue weighted by Crippen LogP contribution is -2.42. The van der Waals surface area contributed by atoms with Crippen LogP contribution in [0.5, 0.6) is 0 Å². The van der Waals surface area contributed by atoms with Crippen molar-refractivity contribution in [3.63, 3.8) is 0 Å². The van der Waals surface area contributed by atoms with Gasteiger partial charge in [-0.15, -0.1) is 0 Å². The Hall–Kier alpha value is -2.85. The minimum absolute atomic E-state index is 0.0144. The third kappa shape index (κ3) is 5.98. The van der Waals surface area contributed by atoms with Gasteiger partial charge in [-0.25, -0.2) is 4.39 Å². The first-order valence-corrected chi connectivity index (χ1v) is 12.0. The number of halogens is 2. The van der Waals surface area contributed by atoms with Crippen LogP contribution in [0.3, 0.4) is 0 Å². The molecule has 1 unspecified atom stereocenters. The van der Waals surface area contributed by atoms with Gasteiger partial charge in [-0.3, -0.25) is 14.4 Å². The molecule has 1 atom stereocenters. The zero-order chi connectivity index (χ0) is 24.1. The van der Waals surface area contributed by atoms with Gasteiger partial charge in [-0.1, -0.05) is 11.6 Å². The summed E-state index contributed by atoms with van der Waals surface area (Å²) in [6.45, 7) is 1.41. The molecule has 1 aliphatic carbocycles. The van der Waals surface area contributed by atoms with Crippen LogP contribution >= 0.6 is 11.6 Å². The molecule has 0 bridgehead atoms. The van der Waals surface area contributed by atoms with Crippen molar-refractivity contribution in [2.24, 2.45) is 5.92 Å². The summed E-state index contributed by atoms with van der Waals surface area (Å²) in [7, 11) is 0. The zero-order valence-corrected chi connectivity index (χ0v) is 19.5. The summed E-state index contributed by atoms with van der Waals surface area (Å²) in [4.78, 5) is 37.9. The lowest BCUT2D eigenvalue weighted by atomic mass is 9.85. The Kier molecular flexibility index (Phi) is 7.89. The molecule has 0 aromatic heterocycles. The molecule has 4 rings (SSSR count). The smallest absolute Gasteiger partial charge is 0.269 e. The molecule has 2 heterocycles. The van der Waals surface area contributed by atoms with Crippen LogP contribution in [0.25, 0.3) is 0 Å². The molecule has 1 saturated heterocycles.